The number of hydrogen-bond donors (Lipinski definition) is 2. The van der Waals surface area contributed by atoms with E-state index in [1.165, 1.54) is 43.2 Å². The molecule has 2 heteroatoms. The molecule has 0 heterocycles. The third kappa shape index (κ3) is 3.56. The smallest absolute Gasteiger partial charge is 0.0309 e. The van der Waals surface area contributed by atoms with Crippen LogP contribution >= 0.6 is 0 Å². The Morgan fingerprint density at radius 2 is 1.67 bits per heavy atom. The van der Waals surface area contributed by atoms with Crippen LogP contribution in [-0.2, 0) is 0 Å². The lowest BCUT2D eigenvalue weighted by Gasteiger charge is -2.22. The topological polar surface area (TPSA) is 52.0 Å². The minimum atomic E-state index is 0.0744. The second-order valence-corrected chi connectivity index (χ2v) is 5.82. The Bertz CT molecular complexity index is 350. The maximum absolute atomic E-state index is 6.14. The molecule has 0 saturated heterocycles. The van der Waals surface area contributed by atoms with Gasteiger partial charge in [0.25, 0.3) is 0 Å². The Labute approximate surface area is 111 Å². The lowest BCUT2D eigenvalue weighted by Crippen LogP contribution is -2.23. The molecular formula is C16H26N2. The van der Waals surface area contributed by atoms with E-state index in [1.54, 1.807) is 0 Å². The van der Waals surface area contributed by atoms with Gasteiger partial charge in [-0.15, -0.1) is 0 Å². The van der Waals surface area contributed by atoms with E-state index in [9.17, 15) is 0 Å². The Morgan fingerprint density at radius 3 is 2.22 bits per heavy atom. The maximum Gasteiger partial charge on any atom is 0.0309 e. The van der Waals surface area contributed by atoms with Crippen LogP contribution in [0.3, 0.4) is 0 Å². The summed E-state index contributed by atoms with van der Waals surface area (Å²) in [5.74, 6) is 0.775. The largest absolute Gasteiger partial charge is 0.328 e. The van der Waals surface area contributed by atoms with Crippen molar-refractivity contribution in [3.8, 4) is 0 Å². The van der Waals surface area contributed by atoms with E-state index in [-0.39, 0.29) is 12.1 Å². The van der Waals surface area contributed by atoms with Gasteiger partial charge >= 0.3 is 0 Å². The maximum atomic E-state index is 6.14. The van der Waals surface area contributed by atoms with E-state index in [2.05, 4.69) is 24.3 Å². The molecule has 1 aromatic rings. The minimum Gasteiger partial charge on any atom is -0.328 e. The molecule has 1 fully saturated rings. The van der Waals surface area contributed by atoms with Crippen molar-refractivity contribution >= 4 is 0 Å². The summed E-state index contributed by atoms with van der Waals surface area (Å²) in [5, 5.41) is 0. The lowest BCUT2D eigenvalue weighted by molar-refractivity contribution is 0.443. The van der Waals surface area contributed by atoms with E-state index in [0.717, 1.165) is 12.3 Å². The fourth-order valence-corrected chi connectivity index (χ4v) is 2.99. The summed E-state index contributed by atoms with van der Waals surface area (Å²) in [6.45, 7) is 2.01. The van der Waals surface area contributed by atoms with Crippen molar-refractivity contribution in [1.82, 2.24) is 0 Å². The quantitative estimate of drug-likeness (QED) is 0.854. The minimum absolute atomic E-state index is 0.0744. The summed E-state index contributed by atoms with van der Waals surface area (Å²) in [7, 11) is 0. The molecule has 2 atom stereocenters. The van der Waals surface area contributed by atoms with E-state index < -0.39 is 0 Å². The van der Waals surface area contributed by atoms with Gasteiger partial charge in [0.2, 0.25) is 0 Å². The molecular weight excluding hydrogens is 220 g/mol. The second-order valence-electron chi connectivity index (χ2n) is 5.82. The molecule has 18 heavy (non-hydrogen) atoms. The molecule has 0 aromatic heterocycles. The van der Waals surface area contributed by atoms with E-state index in [4.69, 9.17) is 11.5 Å². The fourth-order valence-electron chi connectivity index (χ4n) is 2.99. The van der Waals surface area contributed by atoms with Gasteiger partial charge in [-0.2, -0.15) is 0 Å². The number of rotatable bonds is 4. The SMILES string of the molecule is CC(N)CC(N)c1ccc(C2CCCCC2)cc1. The van der Waals surface area contributed by atoms with Crippen molar-refractivity contribution in [2.24, 2.45) is 11.5 Å². The Balaban J connectivity index is 2.00. The first kappa shape index (κ1) is 13.6. The summed E-state index contributed by atoms with van der Waals surface area (Å²) >= 11 is 0. The Hall–Kier alpha value is -0.860. The zero-order chi connectivity index (χ0) is 13.0. The normalized spacial score (nSPS) is 20.6. The van der Waals surface area contributed by atoms with E-state index >= 15 is 0 Å². The molecule has 0 radical (unpaired) electrons. The van der Waals surface area contributed by atoms with Gasteiger partial charge in [-0.05, 0) is 43.2 Å². The summed E-state index contributed by atoms with van der Waals surface area (Å²) in [5.41, 5.74) is 14.6. The molecule has 4 N–H and O–H groups in total. The summed E-state index contributed by atoms with van der Waals surface area (Å²) in [6, 6.07) is 9.16. The molecule has 2 unspecified atom stereocenters. The van der Waals surface area contributed by atoms with Crippen molar-refractivity contribution in [3.63, 3.8) is 0 Å². The molecule has 1 aromatic carbocycles. The zero-order valence-corrected chi connectivity index (χ0v) is 11.4. The highest BCUT2D eigenvalue weighted by Gasteiger charge is 2.16. The first-order valence-corrected chi connectivity index (χ1v) is 7.28. The van der Waals surface area contributed by atoms with Crippen LogP contribution in [0.15, 0.2) is 24.3 Å². The van der Waals surface area contributed by atoms with Crippen molar-refractivity contribution < 1.29 is 0 Å². The van der Waals surface area contributed by atoms with Crippen LogP contribution in [-0.4, -0.2) is 6.04 Å². The third-order valence-corrected chi connectivity index (χ3v) is 4.07. The van der Waals surface area contributed by atoms with Crippen LogP contribution < -0.4 is 11.5 Å². The number of nitrogens with two attached hydrogens (primary N) is 2. The van der Waals surface area contributed by atoms with Crippen molar-refractivity contribution in [2.45, 2.75) is 63.5 Å². The van der Waals surface area contributed by atoms with Crippen LogP contribution in [0.2, 0.25) is 0 Å². The van der Waals surface area contributed by atoms with Crippen LogP contribution in [0.25, 0.3) is 0 Å². The summed E-state index contributed by atoms with van der Waals surface area (Å²) in [4.78, 5) is 0. The second kappa shape index (κ2) is 6.35. The molecule has 0 spiro atoms. The van der Waals surface area contributed by atoms with Crippen LogP contribution in [0.4, 0.5) is 0 Å². The van der Waals surface area contributed by atoms with Gasteiger partial charge in [-0.1, -0.05) is 43.5 Å². The van der Waals surface area contributed by atoms with Gasteiger partial charge < -0.3 is 11.5 Å². The summed E-state index contributed by atoms with van der Waals surface area (Å²) < 4.78 is 0. The molecule has 1 aliphatic carbocycles. The first-order chi connectivity index (χ1) is 8.66. The van der Waals surface area contributed by atoms with Crippen LogP contribution in [0, 0.1) is 0 Å². The van der Waals surface area contributed by atoms with Crippen LogP contribution in [0.1, 0.15) is 68.5 Å². The predicted octanol–water partition coefficient (Wildman–Crippen LogP) is 3.47. The van der Waals surface area contributed by atoms with E-state index in [1.807, 2.05) is 6.92 Å². The average molecular weight is 246 g/mol. The Kier molecular flexibility index (Phi) is 4.79. The standard InChI is InChI=1S/C16H26N2/c1-12(17)11-16(18)15-9-7-14(8-10-15)13-5-3-2-4-6-13/h7-10,12-13,16H,2-6,11,17-18H2,1H3. The third-order valence-electron chi connectivity index (χ3n) is 4.07. The zero-order valence-electron chi connectivity index (χ0n) is 11.4. The summed E-state index contributed by atoms with van der Waals surface area (Å²) in [6.07, 6.45) is 7.74. The highest BCUT2D eigenvalue weighted by molar-refractivity contribution is 5.27. The highest BCUT2D eigenvalue weighted by atomic mass is 14.7. The molecule has 0 aliphatic heterocycles. The molecule has 2 nitrogen and oxygen atoms in total. The monoisotopic (exact) mass is 246 g/mol. The molecule has 0 amide bonds. The van der Waals surface area contributed by atoms with Crippen LogP contribution in [0.5, 0.6) is 0 Å². The van der Waals surface area contributed by atoms with Crippen molar-refractivity contribution in [1.29, 1.82) is 0 Å². The average Bonchev–Trinajstić information content (AvgIpc) is 2.39. The molecule has 100 valence electrons. The highest BCUT2D eigenvalue weighted by Crippen LogP contribution is 2.33. The van der Waals surface area contributed by atoms with Gasteiger partial charge in [0.05, 0.1) is 0 Å². The molecule has 1 aliphatic rings. The molecule has 1 saturated carbocycles. The van der Waals surface area contributed by atoms with E-state index in [0.29, 0.717) is 0 Å². The van der Waals surface area contributed by atoms with Gasteiger partial charge in [-0.3, -0.25) is 0 Å². The van der Waals surface area contributed by atoms with Crippen molar-refractivity contribution in [2.75, 3.05) is 0 Å². The first-order valence-electron chi connectivity index (χ1n) is 7.28. The van der Waals surface area contributed by atoms with Gasteiger partial charge in [0.15, 0.2) is 0 Å². The Morgan fingerprint density at radius 1 is 1.06 bits per heavy atom. The molecule has 0 bridgehead atoms. The lowest BCUT2D eigenvalue weighted by atomic mass is 9.83. The van der Waals surface area contributed by atoms with Gasteiger partial charge in [0.1, 0.15) is 0 Å². The molecule has 2 rings (SSSR count). The predicted molar refractivity (Wildman–Crippen MR) is 77.5 cm³/mol. The van der Waals surface area contributed by atoms with Gasteiger partial charge in [0, 0.05) is 12.1 Å². The van der Waals surface area contributed by atoms with Gasteiger partial charge in [-0.25, -0.2) is 0 Å². The fraction of sp³-hybridized carbons (Fsp3) is 0.625. The van der Waals surface area contributed by atoms with Crippen molar-refractivity contribution in [3.05, 3.63) is 35.4 Å². The number of hydrogen-bond acceptors (Lipinski definition) is 2. The number of benzene rings is 1.